The molecule has 1 fully saturated rings. The second-order valence-corrected chi connectivity index (χ2v) is 21.1. The van der Waals surface area contributed by atoms with Gasteiger partial charge in [0.2, 0.25) is 11.8 Å². The number of allylic oxidation sites excluding steroid dienone is 4. The predicted molar refractivity (Wildman–Crippen MR) is 239 cm³/mol. The number of thioether (sulfide) groups is 1. The Morgan fingerprint density at radius 3 is 2.21 bits per heavy atom. The van der Waals surface area contributed by atoms with Gasteiger partial charge in [-0.2, -0.15) is 4.31 Å². The molecule has 26 nitrogen and oxygen atoms in total. The Bertz CT molecular complexity index is 2160. The van der Waals surface area contributed by atoms with Gasteiger partial charge in [0.25, 0.3) is 0 Å². The number of aliphatic hydroxyl groups excluding tert-OH is 2. The van der Waals surface area contributed by atoms with Gasteiger partial charge in [-0.15, -0.1) is 0 Å². The number of carboxylic acid groups (broad SMARTS) is 1. The molecule has 3 rings (SSSR count). The molecule has 378 valence electrons. The zero-order valence-corrected chi connectivity index (χ0v) is 40.3. The van der Waals surface area contributed by atoms with Crippen molar-refractivity contribution in [2.45, 2.75) is 115 Å². The number of aliphatic carboxylic acids is 1. The summed E-state index contributed by atoms with van der Waals surface area (Å²) >= 11 is 1.07. The highest BCUT2D eigenvalue weighted by molar-refractivity contribution is 8.13. The number of carbonyl (C=O) groups is 4. The molecular formula is C37H60N7O19P3S. The fourth-order valence-corrected chi connectivity index (χ4v) is 9.60. The second-order valence-electron chi connectivity index (χ2n) is 15.7. The summed E-state index contributed by atoms with van der Waals surface area (Å²) in [5.41, 5.74) is 4.25. The van der Waals surface area contributed by atoms with E-state index >= 15 is 0 Å². The standard InChI is InChI=1S/C37H60N7O19P3S/c1-37(2,32(50)35(51)40-18-17-26(45)39-19-20-67-28(48)16-14-12-10-8-6-4-3-5-7-9-11-13-15-27(46)47)22-60-66(57,58)63-65(55,56)59-21-25-31(62-64(52,53)54)30(49)36(61-25)44-24-43-29-33(38)41-23-42-34(29)44/h3,5,12,14,23-25,30-32,36,49-50H,4,6-11,13,15-22H2,1-2H3,(H,39,45)(H,40,51)(H,46,47)(H,55,56)(H,57,58)(H2,38,41,42)(H2,52,53,54)/b5-3+,14-12+. The van der Waals surface area contributed by atoms with Crippen LogP contribution >= 0.6 is 35.2 Å². The van der Waals surface area contributed by atoms with Crippen LogP contribution < -0.4 is 16.4 Å². The minimum atomic E-state index is -5.59. The molecule has 3 heterocycles. The third-order valence-corrected chi connectivity index (χ3v) is 13.6. The first-order valence-electron chi connectivity index (χ1n) is 21.0. The van der Waals surface area contributed by atoms with Gasteiger partial charge in [0, 0.05) is 43.5 Å². The summed E-state index contributed by atoms with van der Waals surface area (Å²) in [5, 5.41) is 35.1. The highest BCUT2D eigenvalue weighted by Crippen LogP contribution is 2.61. The Hall–Kier alpha value is -3.49. The molecule has 0 aromatic carbocycles. The van der Waals surface area contributed by atoms with E-state index in [1.54, 1.807) is 0 Å². The minimum absolute atomic E-state index is 0.0256. The van der Waals surface area contributed by atoms with Crippen LogP contribution in [0.3, 0.4) is 0 Å². The van der Waals surface area contributed by atoms with Crippen LogP contribution in [0.2, 0.25) is 0 Å². The average molecular weight is 1030 g/mol. The smallest absolute Gasteiger partial charge is 0.481 e. The molecule has 2 aromatic rings. The summed E-state index contributed by atoms with van der Waals surface area (Å²) in [5.74, 6) is -1.92. The number of nitrogen functional groups attached to an aromatic ring is 1. The number of hydrogen-bond donors (Lipinski definition) is 10. The van der Waals surface area contributed by atoms with E-state index in [2.05, 4.69) is 46.6 Å². The number of anilines is 1. The quantitative estimate of drug-likeness (QED) is 0.0286. The molecule has 11 N–H and O–H groups in total. The molecule has 30 heteroatoms. The number of hydrogen-bond acceptors (Lipinski definition) is 19. The number of ether oxygens (including phenoxy) is 1. The van der Waals surface area contributed by atoms with Crippen molar-refractivity contribution >= 4 is 75.1 Å². The fraction of sp³-hybridized carbons (Fsp3) is 0.649. The summed E-state index contributed by atoms with van der Waals surface area (Å²) in [6.07, 6.45) is 8.87. The van der Waals surface area contributed by atoms with Gasteiger partial charge in [-0.05, 0) is 44.9 Å². The molecule has 2 amide bonds. The van der Waals surface area contributed by atoms with E-state index in [9.17, 15) is 62.7 Å². The van der Waals surface area contributed by atoms with Gasteiger partial charge < -0.3 is 56.0 Å². The number of phosphoric ester groups is 3. The number of fused-ring (bicyclic) bond motifs is 1. The highest BCUT2D eigenvalue weighted by Gasteiger charge is 2.50. The number of rotatable bonds is 32. The highest BCUT2D eigenvalue weighted by atomic mass is 32.2. The lowest BCUT2D eigenvalue weighted by Gasteiger charge is -2.30. The van der Waals surface area contributed by atoms with E-state index in [0.29, 0.717) is 12.2 Å². The third-order valence-electron chi connectivity index (χ3n) is 9.64. The predicted octanol–water partition coefficient (Wildman–Crippen LogP) is 2.76. The molecule has 0 saturated carbocycles. The molecule has 1 aliphatic heterocycles. The van der Waals surface area contributed by atoms with Gasteiger partial charge in [-0.1, -0.05) is 56.3 Å². The van der Waals surface area contributed by atoms with Crippen molar-refractivity contribution in [3.8, 4) is 0 Å². The van der Waals surface area contributed by atoms with Crippen LogP contribution in [0.25, 0.3) is 11.2 Å². The molecule has 1 saturated heterocycles. The van der Waals surface area contributed by atoms with Crippen molar-refractivity contribution in [2.24, 2.45) is 5.41 Å². The summed E-state index contributed by atoms with van der Waals surface area (Å²) in [6, 6.07) is 0. The van der Waals surface area contributed by atoms with Gasteiger partial charge in [-0.3, -0.25) is 37.3 Å². The SMILES string of the molecule is CC(C)(COP(=O)(O)OP(=O)(O)OCC1OC(n2cnc3c(N)ncnc32)C(O)C1OP(=O)(O)O)C(O)C(=O)NCCC(=O)NCCSC(=O)C/C=C/CCCC/C=C/CCCCCC(=O)O. The van der Waals surface area contributed by atoms with Crippen molar-refractivity contribution in [1.29, 1.82) is 0 Å². The van der Waals surface area contributed by atoms with Crippen LogP contribution in [0.15, 0.2) is 37.0 Å². The van der Waals surface area contributed by atoms with E-state index in [0.717, 1.165) is 73.9 Å². The van der Waals surface area contributed by atoms with Crippen molar-refractivity contribution in [1.82, 2.24) is 30.2 Å². The molecule has 7 atom stereocenters. The maximum atomic E-state index is 12.7. The van der Waals surface area contributed by atoms with Crippen molar-refractivity contribution < 1.29 is 90.4 Å². The summed E-state index contributed by atoms with van der Waals surface area (Å²) in [6.45, 7) is 0.436. The topological polar surface area (TPSA) is 401 Å². The van der Waals surface area contributed by atoms with E-state index in [1.807, 2.05) is 12.2 Å². The van der Waals surface area contributed by atoms with Gasteiger partial charge in [0.05, 0.1) is 19.5 Å². The second kappa shape index (κ2) is 27.6. The van der Waals surface area contributed by atoms with Crippen LogP contribution in [0.5, 0.6) is 0 Å². The number of amides is 2. The average Bonchev–Trinajstić information content (AvgIpc) is 3.80. The Morgan fingerprint density at radius 1 is 0.910 bits per heavy atom. The maximum absolute atomic E-state index is 12.7. The summed E-state index contributed by atoms with van der Waals surface area (Å²) in [4.78, 5) is 98.7. The number of nitrogens with two attached hydrogens (primary N) is 1. The Labute approximate surface area is 389 Å². The molecule has 67 heavy (non-hydrogen) atoms. The zero-order valence-electron chi connectivity index (χ0n) is 36.8. The number of imidazole rings is 1. The Balaban J connectivity index is 1.32. The fourth-order valence-electron chi connectivity index (χ4n) is 6.13. The number of aromatic nitrogens is 4. The zero-order chi connectivity index (χ0) is 49.8. The number of carboxylic acids is 1. The van der Waals surface area contributed by atoms with E-state index in [4.69, 9.17) is 24.6 Å². The van der Waals surface area contributed by atoms with Gasteiger partial charge >= 0.3 is 29.4 Å². The molecule has 1 aliphatic rings. The molecule has 7 unspecified atom stereocenters. The summed E-state index contributed by atoms with van der Waals surface area (Å²) < 4.78 is 62.3. The first-order chi connectivity index (χ1) is 31.4. The van der Waals surface area contributed by atoms with Crippen LogP contribution in [0, 0.1) is 5.41 Å². The van der Waals surface area contributed by atoms with E-state index < -0.39 is 90.5 Å². The Kier molecular flexibility index (Phi) is 23.9. The number of nitrogens with one attached hydrogen (secondary N) is 2. The number of unbranched alkanes of at least 4 members (excludes halogenated alkanes) is 6. The largest absolute Gasteiger partial charge is 0.481 e. The monoisotopic (exact) mass is 1030 g/mol. The maximum Gasteiger partial charge on any atom is 0.481 e. The van der Waals surface area contributed by atoms with Crippen molar-refractivity contribution in [2.75, 3.05) is 37.8 Å². The number of carbonyl (C=O) groups excluding carboxylic acids is 3. The number of aliphatic hydroxyl groups is 2. The molecule has 0 spiro atoms. The van der Waals surface area contributed by atoms with Gasteiger partial charge in [0.1, 0.15) is 36.3 Å². The molecule has 0 aliphatic carbocycles. The van der Waals surface area contributed by atoms with Crippen LogP contribution in [0.4, 0.5) is 5.82 Å². The normalized spacial score (nSPS) is 20.2. The van der Waals surface area contributed by atoms with E-state index in [-0.39, 0.29) is 54.4 Å². The lowest BCUT2D eigenvalue weighted by Crippen LogP contribution is -2.46. The van der Waals surface area contributed by atoms with Crippen molar-refractivity contribution in [3.63, 3.8) is 0 Å². The lowest BCUT2D eigenvalue weighted by atomic mass is 9.87. The number of nitrogens with zero attached hydrogens (tertiary/aromatic N) is 4. The molecule has 0 radical (unpaired) electrons. The molecule has 0 bridgehead atoms. The third kappa shape index (κ3) is 21.4. The van der Waals surface area contributed by atoms with Crippen LogP contribution in [-0.2, 0) is 55.5 Å². The minimum Gasteiger partial charge on any atom is -0.481 e. The lowest BCUT2D eigenvalue weighted by molar-refractivity contribution is -0.137. The molecular weight excluding hydrogens is 971 g/mol. The first kappa shape index (κ1) is 57.8. The molecule has 2 aromatic heterocycles. The van der Waals surface area contributed by atoms with Crippen LogP contribution in [-0.4, -0.2) is 134 Å². The van der Waals surface area contributed by atoms with Gasteiger partial charge in [-0.25, -0.2) is 28.6 Å². The van der Waals surface area contributed by atoms with E-state index in [1.165, 1.54) is 13.8 Å². The van der Waals surface area contributed by atoms with Crippen LogP contribution in [0.1, 0.15) is 90.7 Å². The Morgan fingerprint density at radius 2 is 1.55 bits per heavy atom. The number of phosphoric acid groups is 3. The van der Waals surface area contributed by atoms with Gasteiger partial charge in [0.15, 0.2) is 22.8 Å². The first-order valence-corrected chi connectivity index (χ1v) is 26.5. The summed E-state index contributed by atoms with van der Waals surface area (Å²) in [7, 11) is -16.4. The van der Waals surface area contributed by atoms with Crippen molar-refractivity contribution in [3.05, 3.63) is 37.0 Å².